The molecule has 1 unspecified atom stereocenters. The minimum Gasteiger partial charge on any atom is -0.497 e. The summed E-state index contributed by atoms with van der Waals surface area (Å²) in [5.74, 6) is 2.02. The fourth-order valence-corrected chi connectivity index (χ4v) is 4.10. The van der Waals surface area contributed by atoms with E-state index in [0.29, 0.717) is 41.7 Å². The van der Waals surface area contributed by atoms with Crippen molar-refractivity contribution in [2.75, 3.05) is 26.1 Å². The molecule has 41 heavy (non-hydrogen) atoms. The van der Waals surface area contributed by atoms with Crippen molar-refractivity contribution >= 4 is 17.5 Å². The van der Waals surface area contributed by atoms with E-state index in [0.717, 1.165) is 11.1 Å². The molecule has 8 heteroatoms. The van der Waals surface area contributed by atoms with Gasteiger partial charge >= 0.3 is 0 Å². The second-order valence-corrected chi connectivity index (χ2v) is 9.23. The molecule has 0 radical (unpaired) electrons. The smallest absolute Gasteiger partial charge is 0.249 e. The molecule has 2 N–H and O–H groups in total. The van der Waals surface area contributed by atoms with Crippen LogP contribution in [0.1, 0.15) is 17.5 Å². The molecule has 0 bridgehead atoms. The first-order valence-corrected chi connectivity index (χ1v) is 13.3. The molecule has 4 aromatic carbocycles. The molecular weight excluding hydrogens is 520 g/mol. The summed E-state index contributed by atoms with van der Waals surface area (Å²) in [6, 6.07) is 30.6. The normalized spacial score (nSPS) is 11.3. The van der Waals surface area contributed by atoms with Gasteiger partial charge in [0.2, 0.25) is 11.8 Å². The number of aryl methyl sites for hydroxylation is 1. The molecule has 0 aromatic heterocycles. The Morgan fingerprint density at radius 2 is 1.41 bits per heavy atom. The monoisotopic (exact) mass is 554 g/mol. The van der Waals surface area contributed by atoms with Gasteiger partial charge in [-0.2, -0.15) is 0 Å². The van der Waals surface area contributed by atoms with Gasteiger partial charge in [-0.05, 0) is 72.1 Å². The van der Waals surface area contributed by atoms with E-state index < -0.39 is 6.04 Å². The van der Waals surface area contributed by atoms with E-state index in [2.05, 4.69) is 10.6 Å². The van der Waals surface area contributed by atoms with E-state index in [9.17, 15) is 9.59 Å². The molecular formula is C33H34N2O6. The van der Waals surface area contributed by atoms with Crippen molar-refractivity contribution in [3.8, 4) is 23.0 Å². The quantitative estimate of drug-likeness (QED) is 0.206. The zero-order chi connectivity index (χ0) is 28.9. The predicted molar refractivity (Wildman–Crippen MR) is 157 cm³/mol. The number of benzene rings is 4. The molecule has 1 atom stereocenters. The maximum atomic E-state index is 13.3. The van der Waals surface area contributed by atoms with Crippen LogP contribution < -0.4 is 24.8 Å². The number of carbonyl (C=O) groups is 2. The van der Waals surface area contributed by atoms with E-state index in [1.54, 1.807) is 50.6 Å². The van der Waals surface area contributed by atoms with Crippen LogP contribution in [0, 0.1) is 0 Å². The summed E-state index contributed by atoms with van der Waals surface area (Å²) in [5, 5.41) is 5.70. The van der Waals surface area contributed by atoms with Crippen LogP contribution in [0.4, 0.5) is 5.69 Å². The van der Waals surface area contributed by atoms with E-state index in [4.69, 9.17) is 18.9 Å². The number of anilines is 1. The topological polar surface area (TPSA) is 95.1 Å². The molecule has 0 heterocycles. The van der Waals surface area contributed by atoms with Crippen LogP contribution in [0.25, 0.3) is 0 Å². The molecule has 8 nitrogen and oxygen atoms in total. The van der Waals surface area contributed by atoms with Crippen molar-refractivity contribution in [2.45, 2.75) is 25.5 Å². The highest BCUT2D eigenvalue weighted by atomic mass is 16.5. The zero-order valence-corrected chi connectivity index (χ0v) is 23.2. The largest absolute Gasteiger partial charge is 0.497 e. The Hall–Kier alpha value is -4.82. The minimum absolute atomic E-state index is 0.00412. The number of methoxy groups -OCH3 is 2. The maximum absolute atomic E-state index is 13.3. The van der Waals surface area contributed by atoms with Gasteiger partial charge in [0.1, 0.15) is 29.0 Å². The molecule has 0 saturated heterocycles. The van der Waals surface area contributed by atoms with Gasteiger partial charge in [-0.3, -0.25) is 9.59 Å². The number of nitrogens with one attached hydrogen (secondary N) is 2. The molecule has 0 aliphatic carbocycles. The number of ether oxygens (including phenoxy) is 4. The van der Waals surface area contributed by atoms with Crippen molar-refractivity contribution in [2.24, 2.45) is 0 Å². The molecule has 0 aliphatic rings. The Labute approximate surface area is 240 Å². The third kappa shape index (κ3) is 9.12. The summed E-state index contributed by atoms with van der Waals surface area (Å²) in [7, 11) is 3.16. The molecule has 4 rings (SSSR count). The fraction of sp³-hybridized carbons (Fsp3) is 0.212. The van der Waals surface area contributed by atoms with Crippen LogP contribution in [0.15, 0.2) is 103 Å². The van der Waals surface area contributed by atoms with Crippen LogP contribution in [0.2, 0.25) is 0 Å². The van der Waals surface area contributed by atoms with Crippen LogP contribution in [0.3, 0.4) is 0 Å². The second kappa shape index (κ2) is 15.1. The number of rotatable bonds is 14. The number of amides is 2. The molecule has 2 amide bonds. The lowest BCUT2D eigenvalue weighted by molar-refractivity contribution is -0.128. The van der Waals surface area contributed by atoms with Crippen LogP contribution in [-0.2, 0) is 27.4 Å². The SMILES string of the molecule is COc1ccc(OC)c(CCC(=O)NC(COCc2ccccc2)C(=O)Nc2ccc(Oc3ccccc3)cc2)c1. The Bertz CT molecular complexity index is 1390. The predicted octanol–water partition coefficient (Wildman–Crippen LogP) is 5.77. The van der Waals surface area contributed by atoms with Gasteiger partial charge in [0.15, 0.2) is 0 Å². The van der Waals surface area contributed by atoms with E-state index >= 15 is 0 Å². The Kier molecular flexibility index (Phi) is 10.7. The lowest BCUT2D eigenvalue weighted by atomic mass is 10.1. The third-order valence-corrected chi connectivity index (χ3v) is 6.26. The van der Waals surface area contributed by atoms with Gasteiger partial charge in [-0.15, -0.1) is 0 Å². The van der Waals surface area contributed by atoms with Crippen LogP contribution in [0.5, 0.6) is 23.0 Å². The van der Waals surface area contributed by atoms with Crippen LogP contribution >= 0.6 is 0 Å². The first kappa shape index (κ1) is 29.2. The number of para-hydroxylation sites is 1. The molecule has 0 spiro atoms. The van der Waals surface area contributed by atoms with Gasteiger partial charge in [0.05, 0.1) is 27.4 Å². The van der Waals surface area contributed by atoms with Crippen molar-refractivity contribution < 1.29 is 28.5 Å². The second-order valence-electron chi connectivity index (χ2n) is 9.23. The summed E-state index contributed by atoms with van der Waals surface area (Å²) < 4.78 is 22.4. The Morgan fingerprint density at radius 3 is 2.10 bits per heavy atom. The standard InChI is InChI=1S/C33H34N2O6/c1-38-29-18-19-31(39-2)25(21-29)13-20-32(36)35-30(23-40-22-24-9-5-3-6-10-24)33(37)34-26-14-16-28(17-15-26)41-27-11-7-4-8-12-27/h3-12,14-19,21,30H,13,20,22-23H2,1-2H3,(H,34,37)(H,35,36). The molecule has 0 aliphatic heterocycles. The van der Waals surface area contributed by atoms with E-state index in [1.165, 1.54) is 0 Å². The van der Waals surface area contributed by atoms with Crippen molar-refractivity contribution in [3.63, 3.8) is 0 Å². The lowest BCUT2D eigenvalue weighted by Gasteiger charge is -2.19. The fourth-order valence-electron chi connectivity index (χ4n) is 4.10. The van der Waals surface area contributed by atoms with Gasteiger partial charge in [-0.25, -0.2) is 0 Å². The summed E-state index contributed by atoms with van der Waals surface area (Å²) in [6.45, 7) is 0.317. The number of hydrogen-bond donors (Lipinski definition) is 2. The highest BCUT2D eigenvalue weighted by Gasteiger charge is 2.22. The summed E-state index contributed by atoms with van der Waals surface area (Å²) in [4.78, 5) is 26.2. The minimum atomic E-state index is -0.904. The van der Waals surface area contributed by atoms with Gasteiger partial charge in [-0.1, -0.05) is 48.5 Å². The first-order valence-electron chi connectivity index (χ1n) is 13.3. The zero-order valence-electron chi connectivity index (χ0n) is 23.2. The highest BCUT2D eigenvalue weighted by Crippen LogP contribution is 2.25. The summed E-state index contributed by atoms with van der Waals surface area (Å²) in [6.07, 6.45) is 0.561. The molecule has 4 aromatic rings. The van der Waals surface area contributed by atoms with Crippen molar-refractivity contribution in [1.82, 2.24) is 5.32 Å². The summed E-state index contributed by atoms with van der Waals surface area (Å²) in [5.41, 5.74) is 2.37. The van der Waals surface area contributed by atoms with Gasteiger partial charge < -0.3 is 29.6 Å². The van der Waals surface area contributed by atoms with Crippen LogP contribution in [-0.4, -0.2) is 38.7 Å². The number of carbonyl (C=O) groups excluding carboxylic acids is 2. The highest BCUT2D eigenvalue weighted by molar-refractivity contribution is 5.97. The molecule has 0 fully saturated rings. The average Bonchev–Trinajstić information content (AvgIpc) is 3.01. The van der Waals surface area contributed by atoms with E-state index in [1.807, 2.05) is 66.7 Å². The maximum Gasteiger partial charge on any atom is 0.249 e. The van der Waals surface area contributed by atoms with Crippen molar-refractivity contribution in [1.29, 1.82) is 0 Å². The Morgan fingerprint density at radius 1 is 0.756 bits per heavy atom. The molecule has 0 saturated carbocycles. The van der Waals surface area contributed by atoms with Gasteiger partial charge in [0.25, 0.3) is 0 Å². The number of hydrogen-bond acceptors (Lipinski definition) is 6. The Balaban J connectivity index is 1.38. The van der Waals surface area contributed by atoms with E-state index in [-0.39, 0.29) is 24.8 Å². The average molecular weight is 555 g/mol. The molecule has 212 valence electrons. The lowest BCUT2D eigenvalue weighted by Crippen LogP contribution is -2.46. The third-order valence-electron chi connectivity index (χ3n) is 6.26. The van der Waals surface area contributed by atoms with Crippen molar-refractivity contribution in [3.05, 3.63) is 114 Å². The van der Waals surface area contributed by atoms with Gasteiger partial charge in [0, 0.05) is 12.1 Å². The summed E-state index contributed by atoms with van der Waals surface area (Å²) >= 11 is 0. The first-order chi connectivity index (χ1) is 20.0.